The molecular formula is C19H28N4O5S2. The van der Waals surface area contributed by atoms with Crippen LogP contribution in [0.15, 0.2) is 46.3 Å². The Morgan fingerprint density at radius 1 is 1.03 bits per heavy atom. The lowest BCUT2D eigenvalue weighted by Crippen LogP contribution is -2.30. The Hall–Kier alpha value is -2.21. The Kier molecular flexibility index (Phi) is 7.45. The quantitative estimate of drug-likeness (QED) is 0.611. The van der Waals surface area contributed by atoms with E-state index in [4.69, 9.17) is 0 Å². The largest absolute Gasteiger partial charge is 0.347 e. The van der Waals surface area contributed by atoms with Crippen molar-refractivity contribution < 1.29 is 21.6 Å². The molecule has 30 heavy (non-hydrogen) atoms. The average molecular weight is 457 g/mol. The zero-order chi connectivity index (χ0) is 22.7. The van der Waals surface area contributed by atoms with Crippen molar-refractivity contribution in [3.8, 4) is 0 Å². The van der Waals surface area contributed by atoms with Crippen LogP contribution >= 0.6 is 0 Å². The fourth-order valence-corrected chi connectivity index (χ4v) is 5.62. The highest BCUT2D eigenvalue weighted by molar-refractivity contribution is 7.89. The third-order valence-electron chi connectivity index (χ3n) is 4.73. The zero-order valence-electron chi connectivity index (χ0n) is 17.8. The van der Waals surface area contributed by atoms with E-state index in [0.29, 0.717) is 18.7 Å². The highest BCUT2D eigenvalue weighted by atomic mass is 32.2. The van der Waals surface area contributed by atoms with Gasteiger partial charge in [-0.25, -0.2) is 21.1 Å². The number of amides is 1. The van der Waals surface area contributed by atoms with Gasteiger partial charge in [0.25, 0.3) is 5.91 Å². The molecule has 11 heteroatoms. The van der Waals surface area contributed by atoms with Crippen LogP contribution in [0.1, 0.15) is 29.9 Å². The summed E-state index contributed by atoms with van der Waals surface area (Å²) in [6.45, 7) is 4.12. The SMILES string of the molecule is CCN(CC)S(=O)(=O)c1cc(C(=O)NCc2ccccc2S(=O)(=O)N(C)C)n(C)c1. The molecule has 1 heterocycles. The molecule has 0 aliphatic heterocycles. The van der Waals surface area contributed by atoms with E-state index >= 15 is 0 Å². The monoisotopic (exact) mass is 456 g/mol. The van der Waals surface area contributed by atoms with Crippen molar-refractivity contribution in [2.45, 2.75) is 30.2 Å². The number of sulfonamides is 2. The predicted octanol–water partition coefficient (Wildman–Crippen LogP) is 1.24. The van der Waals surface area contributed by atoms with Crippen molar-refractivity contribution >= 4 is 26.0 Å². The summed E-state index contributed by atoms with van der Waals surface area (Å²) >= 11 is 0. The van der Waals surface area contributed by atoms with E-state index in [1.807, 2.05) is 0 Å². The Balaban J connectivity index is 2.27. The number of hydrogen-bond donors (Lipinski definition) is 1. The van der Waals surface area contributed by atoms with Gasteiger partial charge in [-0.15, -0.1) is 0 Å². The lowest BCUT2D eigenvalue weighted by Gasteiger charge is -2.17. The molecule has 0 aliphatic rings. The van der Waals surface area contributed by atoms with E-state index in [1.165, 1.54) is 41.3 Å². The predicted molar refractivity (Wildman–Crippen MR) is 114 cm³/mol. The highest BCUT2D eigenvalue weighted by Crippen LogP contribution is 2.20. The minimum Gasteiger partial charge on any atom is -0.347 e. The molecule has 9 nitrogen and oxygen atoms in total. The smallest absolute Gasteiger partial charge is 0.268 e. The fourth-order valence-electron chi connectivity index (χ4n) is 2.98. The van der Waals surface area contributed by atoms with E-state index in [1.54, 1.807) is 39.1 Å². The molecule has 166 valence electrons. The molecule has 1 aromatic heterocycles. The summed E-state index contributed by atoms with van der Waals surface area (Å²) < 4.78 is 54.2. The standard InChI is InChI=1S/C19H28N4O5S2/c1-6-23(7-2)29(25,26)16-12-17(22(5)14-16)19(24)20-13-15-10-8-9-11-18(15)30(27,28)21(3)4/h8-12,14H,6-7,13H2,1-5H3,(H,20,24). The third kappa shape index (κ3) is 4.75. The van der Waals surface area contributed by atoms with E-state index < -0.39 is 26.0 Å². The maximum Gasteiger partial charge on any atom is 0.268 e. The fraction of sp³-hybridized carbons (Fsp3) is 0.421. The van der Waals surface area contributed by atoms with Crippen molar-refractivity contribution in [1.82, 2.24) is 18.5 Å². The van der Waals surface area contributed by atoms with Crippen LogP contribution in [0.25, 0.3) is 0 Å². The topological polar surface area (TPSA) is 109 Å². The summed E-state index contributed by atoms with van der Waals surface area (Å²) in [5.74, 6) is -0.504. The van der Waals surface area contributed by atoms with E-state index in [9.17, 15) is 21.6 Å². The van der Waals surface area contributed by atoms with Gasteiger partial charge in [-0.05, 0) is 17.7 Å². The van der Waals surface area contributed by atoms with Crippen LogP contribution in [0.3, 0.4) is 0 Å². The van der Waals surface area contributed by atoms with Crippen molar-refractivity contribution in [2.24, 2.45) is 7.05 Å². The Labute approximate surface area is 178 Å². The molecule has 0 aliphatic carbocycles. The van der Waals surface area contributed by atoms with Crippen molar-refractivity contribution in [2.75, 3.05) is 27.2 Å². The molecule has 1 aromatic carbocycles. The summed E-state index contributed by atoms with van der Waals surface area (Å²) in [7, 11) is -2.90. The molecule has 0 unspecified atom stereocenters. The molecule has 0 radical (unpaired) electrons. The van der Waals surface area contributed by atoms with Crippen molar-refractivity contribution in [3.05, 3.63) is 47.8 Å². The zero-order valence-corrected chi connectivity index (χ0v) is 19.4. The number of nitrogens with one attached hydrogen (secondary N) is 1. The van der Waals surface area contributed by atoms with Gasteiger partial charge in [0, 0.05) is 47.0 Å². The molecule has 0 atom stereocenters. The molecule has 0 saturated heterocycles. The van der Waals surface area contributed by atoms with Crippen LogP contribution in [-0.2, 0) is 33.6 Å². The average Bonchev–Trinajstić information content (AvgIpc) is 3.09. The molecule has 1 N–H and O–H groups in total. The second kappa shape index (κ2) is 9.29. The van der Waals surface area contributed by atoms with Gasteiger partial charge in [0.1, 0.15) is 10.6 Å². The summed E-state index contributed by atoms with van der Waals surface area (Å²) in [5.41, 5.74) is 0.596. The van der Waals surface area contributed by atoms with Gasteiger partial charge in [-0.1, -0.05) is 32.0 Å². The summed E-state index contributed by atoms with van der Waals surface area (Å²) in [6, 6.07) is 7.73. The Morgan fingerprint density at radius 3 is 2.20 bits per heavy atom. The molecule has 0 spiro atoms. The molecule has 0 fully saturated rings. The number of hydrogen-bond acceptors (Lipinski definition) is 5. The van der Waals surface area contributed by atoms with E-state index in [-0.39, 0.29) is 22.0 Å². The normalized spacial score (nSPS) is 12.5. The van der Waals surface area contributed by atoms with Gasteiger partial charge in [0.05, 0.1) is 4.90 Å². The van der Waals surface area contributed by atoms with Gasteiger partial charge in [0.15, 0.2) is 0 Å². The number of aryl methyl sites for hydroxylation is 1. The number of nitrogens with zero attached hydrogens (tertiary/aromatic N) is 3. The molecule has 2 aromatic rings. The molecular weight excluding hydrogens is 428 g/mol. The van der Waals surface area contributed by atoms with Crippen molar-refractivity contribution in [3.63, 3.8) is 0 Å². The molecule has 0 saturated carbocycles. The van der Waals surface area contributed by atoms with Crippen LogP contribution in [0.5, 0.6) is 0 Å². The lowest BCUT2D eigenvalue weighted by molar-refractivity contribution is 0.0942. The first-order valence-corrected chi connectivity index (χ1v) is 12.3. The van der Waals surface area contributed by atoms with Crippen LogP contribution in [0.2, 0.25) is 0 Å². The van der Waals surface area contributed by atoms with Gasteiger partial charge >= 0.3 is 0 Å². The van der Waals surface area contributed by atoms with Gasteiger partial charge in [-0.3, -0.25) is 4.79 Å². The highest BCUT2D eigenvalue weighted by Gasteiger charge is 2.26. The first kappa shape index (κ1) is 24.1. The van der Waals surface area contributed by atoms with Crippen molar-refractivity contribution in [1.29, 1.82) is 0 Å². The number of aromatic nitrogens is 1. The molecule has 0 bridgehead atoms. The van der Waals surface area contributed by atoms with E-state index in [0.717, 1.165) is 4.31 Å². The molecule has 1 amide bonds. The number of rotatable bonds is 9. The van der Waals surface area contributed by atoms with Gasteiger partial charge < -0.3 is 9.88 Å². The van der Waals surface area contributed by atoms with Crippen LogP contribution in [-0.4, -0.2) is 63.1 Å². The van der Waals surface area contributed by atoms with Gasteiger partial charge in [0.2, 0.25) is 20.0 Å². The summed E-state index contributed by atoms with van der Waals surface area (Å²) in [5, 5.41) is 2.68. The molecule has 2 rings (SSSR count). The first-order chi connectivity index (χ1) is 14.0. The lowest BCUT2D eigenvalue weighted by atomic mass is 10.2. The van der Waals surface area contributed by atoms with Crippen LogP contribution in [0, 0.1) is 0 Å². The first-order valence-electron chi connectivity index (χ1n) is 9.41. The second-order valence-corrected chi connectivity index (χ2v) is 10.9. The second-order valence-electron chi connectivity index (χ2n) is 6.84. The van der Waals surface area contributed by atoms with Gasteiger partial charge in [-0.2, -0.15) is 4.31 Å². The maximum absolute atomic E-state index is 12.7. The number of benzene rings is 1. The van der Waals surface area contributed by atoms with Crippen LogP contribution < -0.4 is 5.32 Å². The Bertz CT molecular complexity index is 1120. The Morgan fingerprint density at radius 2 is 1.63 bits per heavy atom. The summed E-state index contributed by atoms with van der Waals surface area (Å²) in [4.78, 5) is 12.8. The third-order valence-corrected chi connectivity index (χ3v) is 8.66. The number of carbonyl (C=O) groups excluding carboxylic acids is 1. The van der Waals surface area contributed by atoms with Crippen LogP contribution in [0.4, 0.5) is 0 Å². The maximum atomic E-state index is 12.7. The minimum absolute atomic E-state index is 0.0224. The summed E-state index contributed by atoms with van der Waals surface area (Å²) in [6.07, 6.45) is 1.40. The minimum atomic E-state index is -3.69. The van der Waals surface area contributed by atoms with E-state index in [2.05, 4.69) is 5.32 Å². The number of carbonyl (C=O) groups is 1.